The Morgan fingerprint density at radius 3 is 0.843 bits per heavy atom. The van der Waals surface area contributed by atoms with Gasteiger partial charge in [-0.2, -0.15) is 0 Å². The van der Waals surface area contributed by atoms with E-state index in [1.165, 1.54) is 0 Å². The average Bonchev–Trinajstić information content (AvgIpc) is 0.939. The van der Waals surface area contributed by atoms with Crippen molar-refractivity contribution in [2.45, 2.75) is 277 Å². The van der Waals surface area contributed by atoms with Crippen LogP contribution < -0.4 is 0 Å². The van der Waals surface area contributed by atoms with Gasteiger partial charge in [0, 0.05) is 25.7 Å². The van der Waals surface area contributed by atoms with Crippen molar-refractivity contribution in [3.05, 3.63) is 182 Å². The van der Waals surface area contributed by atoms with E-state index in [4.69, 9.17) is 37.0 Å². The predicted molar refractivity (Wildman–Crippen MR) is 417 cm³/mol. The van der Waals surface area contributed by atoms with Crippen LogP contribution in [0.4, 0.5) is 0 Å². The lowest BCUT2D eigenvalue weighted by molar-refractivity contribution is -0.161. The van der Waals surface area contributed by atoms with Crippen molar-refractivity contribution in [3.8, 4) is 0 Å². The van der Waals surface area contributed by atoms with Crippen molar-refractivity contribution in [2.75, 3.05) is 39.6 Å². The molecule has 0 radical (unpaired) electrons. The van der Waals surface area contributed by atoms with Crippen molar-refractivity contribution in [1.82, 2.24) is 0 Å². The summed E-state index contributed by atoms with van der Waals surface area (Å²) in [5, 5.41) is 10.6. The van der Waals surface area contributed by atoms with Crippen LogP contribution in [0.5, 0.6) is 0 Å². The van der Waals surface area contributed by atoms with Gasteiger partial charge >= 0.3 is 39.5 Å². The standard InChI is InChI=1S/C83H132O17P2/c1-5-9-13-17-21-25-29-33-36-38-41-44-47-51-55-59-63-67-80(85)93-73-78(99-82(87)69-65-61-57-53-49-43-32-28-24-20-16-12-8-4)75-97-101(89,90)95-71-77(84)72-96-102(91,92)98-76-79(100-83(88)70-66-62-58-54-50-46-40-35-31-27-23-19-15-11-7-3)74-94-81(86)68-64-60-56-52-48-45-42-39-37-34-30-26-22-18-14-10-6-2/h9-11,13-16,20-23,25-28,32-37,40-42,44-45,50,52,54,56,77-79,84H,5-8,12,17-19,24,29-31,38-39,43,46-49,51,53,55,57-76H2,1-4H3,(H,89,90)(H,91,92)/b13-9-,14-10-,15-11-,20-16-,25-21-,26-22-,27-23-,32-28-,36-33-,37-34-,40-35-,44-41-,45-42-,54-50-,56-52-. The van der Waals surface area contributed by atoms with Crippen LogP contribution in [0.1, 0.15) is 259 Å². The van der Waals surface area contributed by atoms with Gasteiger partial charge in [0.25, 0.3) is 0 Å². The van der Waals surface area contributed by atoms with Gasteiger partial charge in [-0.25, -0.2) is 9.13 Å². The fraction of sp³-hybridized carbons (Fsp3) is 0.590. The first kappa shape index (κ1) is 96.2. The summed E-state index contributed by atoms with van der Waals surface area (Å²) in [6.07, 6.45) is 87.5. The smallest absolute Gasteiger partial charge is 0.462 e. The molecule has 5 unspecified atom stereocenters. The number of ether oxygens (including phenoxy) is 4. The maximum absolute atomic E-state index is 13.1. The Bertz CT molecular complexity index is 2650. The number of aliphatic hydroxyl groups is 1. The maximum Gasteiger partial charge on any atom is 0.472 e. The van der Waals surface area contributed by atoms with Crippen LogP contribution in [0, 0.1) is 0 Å². The summed E-state index contributed by atoms with van der Waals surface area (Å²) in [4.78, 5) is 72.9. The predicted octanol–water partition coefficient (Wildman–Crippen LogP) is 22.0. The van der Waals surface area contributed by atoms with Gasteiger partial charge in [0.1, 0.15) is 19.3 Å². The molecule has 0 rings (SSSR count). The first-order chi connectivity index (χ1) is 49.7. The summed E-state index contributed by atoms with van der Waals surface area (Å²) in [6, 6.07) is 0. The minimum absolute atomic E-state index is 0.0224. The van der Waals surface area contributed by atoms with E-state index in [-0.39, 0.29) is 25.7 Å². The number of carbonyl (C=O) groups excluding carboxylic acids is 4. The number of phosphoric acid groups is 2. The fourth-order valence-corrected chi connectivity index (χ4v) is 10.7. The Morgan fingerprint density at radius 1 is 0.284 bits per heavy atom. The topological polar surface area (TPSA) is 237 Å². The zero-order chi connectivity index (χ0) is 74.6. The Balaban J connectivity index is 5.49. The molecule has 0 aromatic carbocycles. The maximum atomic E-state index is 13.1. The largest absolute Gasteiger partial charge is 0.472 e. The lowest BCUT2D eigenvalue weighted by atomic mass is 10.1. The van der Waals surface area contributed by atoms with Crippen molar-refractivity contribution in [1.29, 1.82) is 0 Å². The van der Waals surface area contributed by atoms with Crippen LogP contribution in [-0.4, -0.2) is 96.7 Å². The van der Waals surface area contributed by atoms with E-state index in [2.05, 4.69) is 192 Å². The van der Waals surface area contributed by atoms with E-state index >= 15 is 0 Å². The highest BCUT2D eigenvalue weighted by Crippen LogP contribution is 2.45. The highest BCUT2D eigenvalue weighted by molar-refractivity contribution is 7.47. The Labute approximate surface area is 615 Å². The van der Waals surface area contributed by atoms with E-state index in [1.807, 2.05) is 18.2 Å². The van der Waals surface area contributed by atoms with Gasteiger partial charge in [0.15, 0.2) is 12.2 Å². The van der Waals surface area contributed by atoms with Crippen LogP contribution >= 0.6 is 15.6 Å². The van der Waals surface area contributed by atoms with Gasteiger partial charge in [-0.1, -0.05) is 249 Å². The summed E-state index contributed by atoms with van der Waals surface area (Å²) in [6.45, 7) is 4.27. The Morgan fingerprint density at radius 2 is 0.520 bits per heavy atom. The van der Waals surface area contributed by atoms with E-state index in [9.17, 15) is 43.2 Å². The second-order valence-corrected chi connectivity index (χ2v) is 27.3. The molecule has 17 nitrogen and oxygen atoms in total. The molecule has 0 aliphatic heterocycles. The summed E-state index contributed by atoms with van der Waals surface area (Å²) in [5.41, 5.74) is 0. The number of hydrogen-bond donors (Lipinski definition) is 3. The van der Waals surface area contributed by atoms with Crippen LogP contribution in [0.3, 0.4) is 0 Å². The normalized spacial score (nSPS) is 14.9. The molecule has 0 saturated carbocycles. The Hall–Kier alpha value is -5.84. The molecule has 3 N–H and O–H groups in total. The molecule has 0 saturated heterocycles. The second-order valence-electron chi connectivity index (χ2n) is 24.4. The molecule has 0 bridgehead atoms. The van der Waals surface area contributed by atoms with E-state index in [0.29, 0.717) is 38.5 Å². The number of allylic oxidation sites excluding steroid dienone is 30. The lowest BCUT2D eigenvalue weighted by Crippen LogP contribution is -2.30. The number of carbonyl (C=O) groups is 4. The summed E-state index contributed by atoms with van der Waals surface area (Å²) in [7, 11) is -10.0. The first-order valence-electron chi connectivity index (χ1n) is 38.0. The van der Waals surface area contributed by atoms with Crippen molar-refractivity contribution >= 4 is 39.5 Å². The highest BCUT2D eigenvalue weighted by Gasteiger charge is 2.30. The van der Waals surface area contributed by atoms with Gasteiger partial charge in [-0.05, 0) is 167 Å². The van der Waals surface area contributed by atoms with Crippen LogP contribution in [0.25, 0.3) is 0 Å². The molecular weight excluding hydrogens is 1330 g/mol. The molecule has 0 aliphatic rings. The molecule has 0 amide bonds. The second kappa shape index (κ2) is 73.5. The van der Waals surface area contributed by atoms with E-state index in [0.717, 1.165) is 167 Å². The minimum Gasteiger partial charge on any atom is -0.462 e. The summed E-state index contributed by atoms with van der Waals surface area (Å²) < 4.78 is 68.3. The third-order valence-electron chi connectivity index (χ3n) is 14.8. The molecule has 0 fully saturated rings. The molecule has 0 aliphatic carbocycles. The number of rotatable bonds is 69. The number of hydrogen-bond acceptors (Lipinski definition) is 15. The molecule has 5 atom stereocenters. The van der Waals surface area contributed by atoms with Gasteiger partial charge in [0.2, 0.25) is 0 Å². The number of esters is 4. The fourth-order valence-electron chi connectivity index (χ4n) is 9.16. The zero-order valence-electron chi connectivity index (χ0n) is 62.7. The average molecular weight is 1460 g/mol. The first-order valence-corrected chi connectivity index (χ1v) is 41.0. The monoisotopic (exact) mass is 1460 g/mol. The van der Waals surface area contributed by atoms with Gasteiger partial charge in [-0.3, -0.25) is 37.3 Å². The molecular formula is C83H132O17P2. The van der Waals surface area contributed by atoms with Gasteiger partial charge in [-0.15, -0.1) is 0 Å². The van der Waals surface area contributed by atoms with Crippen LogP contribution in [0.2, 0.25) is 0 Å². The SMILES string of the molecule is CC/C=C\C/C=C\C/C=C\C/C=C\C/C=C\CCCC(=O)OCC(COP(=O)(O)OCC(O)COP(=O)(O)OCC(COC(=O)CCCCCC/C=C\C/C=C\C/C=C\C/C=C\CC)OC(=O)CCCCCCC/C=C\C/C=C\CCC)OC(=O)CCCC/C=C\C/C=C\C/C=C\C/C=C\CC. The molecule has 0 aromatic heterocycles. The molecule has 102 heavy (non-hydrogen) atoms. The van der Waals surface area contributed by atoms with Crippen molar-refractivity contribution < 1.29 is 80.2 Å². The minimum atomic E-state index is -5.01. The van der Waals surface area contributed by atoms with E-state index in [1.54, 1.807) is 0 Å². The summed E-state index contributed by atoms with van der Waals surface area (Å²) in [5.74, 6) is -2.36. The number of aliphatic hydroxyl groups excluding tert-OH is 1. The van der Waals surface area contributed by atoms with Crippen molar-refractivity contribution in [2.24, 2.45) is 0 Å². The van der Waals surface area contributed by atoms with Crippen LogP contribution in [-0.2, 0) is 65.4 Å². The van der Waals surface area contributed by atoms with Crippen molar-refractivity contribution in [3.63, 3.8) is 0 Å². The molecule has 19 heteroatoms. The highest BCUT2D eigenvalue weighted by atomic mass is 31.2. The lowest BCUT2D eigenvalue weighted by Gasteiger charge is -2.21. The number of phosphoric ester groups is 2. The molecule has 0 heterocycles. The molecule has 576 valence electrons. The summed E-state index contributed by atoms with van der Waals surface area (Å²) >= 11 is 0. The van der Waals surface area contributed by atoms with Crippen LogP contribution in [0.15, 0.2) is 182 Å². The number of unbranched alkanes of at least 4 members (excludes halogenated alkanes) is 13. The van der Waals surface area contributed by atoms with Gasteiger partial charge in [0.05, 0.1) is 26.4 Å². The zero-order valence-corrected chi connectivity index (χ0v) is 64.5. The third kappa shape index (κ3) is 72.5. The van der Waals surface area contributed by atoms with Gasteiger partial charge < -0.3 is 33.8 Å². The Kier molecular flexibility index (Phi) is 69.3. The molecule has 0 aromatic rings. The molecule has 0 spiro atoms. The third-order valence-corrected chi connectivity index (χ3v) is 16.7. The van der Waals surface area contributed by atoms with E-state index < -0.39 is 97.5 Å². The quantitative estimate of drug-likeness (QED) is 0.0169.